The van der Waals surface area contributed by atoms with Gasteiger partial charge in [-0.05, 0) is 24.1 Å². The zero-order valence-electron chi connectivity index (χ0n) is 7.46. The van der Waals surface area contributed by atoms with E-state index in [9.17, 15) is 4.79 Å². The minimum Gasteiger partial charge on any atom is -0.352 e. The number of amides is 1. The molecule has 0 fully saturated rings. The lowest BCUT2D eigenvalue weighted by molar-refractivity contribution is -0.110. The predicted molar refractivity (Wildman–Crippen MR) is 53.7 cm³/mol. The number of halogens is 1. The summed E-state index contributed by atoms with van der Waals surface area (Å²) in [5.41, 5.74) is 1.08. The van der Waals surface area contributed by atoms with Crippen molar-refractivity contribution >= 4 is 18.0 Å². The zero-order valence-corrected chi connectivity index (χ0v) is 8.21. The molecule has 0 aliphatic heterocycles. The molecule has 1 aromatic carbocycles. The number of rotatable bonds is 4. The molecule has 3 heteroatoms. The van der Waals surface area contributed by atoms with Gasteiger partial charge in [-0.2, -0.15) is 0 Å². The molecule has 1 aromatic rings. The molecule has 1 N–H and O–H groups in total. The Morgan fingerprint density at radius 1 is 1.46 bits per heavy atom. The quantitative estimate of drug-likeness (QED) is 0.739. The van der Waals surface area contributed by atoms with Crippen LogP contribution in [0.15, 0.2) is 24.3 Å². The third kappa shape index (κ3) is 2.74. The van der Waals surface area contributed by atoms with E-state index in [-0.39, 0.29) is 6.04 Å². The SMILES string of the molecule is CCC(NC=O)c1ccc(Cl)cc1. The fourth-order valence-corrected chi connectivity index (χ4v) is 1.35. The molecule has 0 aliphatic carbocycles. The Bertz CT molecular complexity index is 271. The number of benzene rings is 1. The fraction of sp³-hybridized carbons (Fsp3) is 0.300. The molecule has 1 rings (SSSR count). The summed E-state index contributed by atoms with van der Waals surface area (Å²) in [5, 5.41) is 3.46. The number of carbonyl (C=O) groups is 1. The van der Waals surface area contributed by atoms with Gasteiger partial charge in [-0.25, -0.2) is 0 Å². The Morgan fingerprint density at radius 2 is 2.08 bits per heavy atom. The average molecular weight is 198 g/mol. The van der Waals surface area contributed by atoms with E-state index in [4.69, 9.17) is 11.6 Å². The Hall–Kier alpha value is -1.02. The van der Waals surface area contributed by atoms with Crippen LogP contribution in [0.1, 0.15) is 24.9 Å². The first-order valence-electron chi connectivity index (χ1n) is 4.23. The van der Waals surface area contributed by atoms with E-state index in [1.54, 1.807) is 0 Å². The highest BCUT2D eigenvalue weighted by molar-refractivity contribution is 6.30. The van der Waals surface area contributed by atoms with Crippen LogP contribution in [-0.4, -0.2) is 6.41 Å². The van der Waals surface area contributed by atoms with Crippen molar-refractivity contribution in [1.82, 2.24) is 5.32 Å². The van der Waals surface area contributed by atoms with E-state index in [1.165, 1.54) is 0 Å². The average Bonchev–Trinajstić information content (AvgIpc) is 2.16. The van der Waals surface area contributed by atoms with Crippen LogP contribution in [0.3, 0.4) is 0 Å². The monoisotopic (exact) mass is 197 g/mol. The van der Waals surface area contributed by atoms with Crippen LogP contribution in [0.25, 0.3) is 0 Å². The first kappa shape index (κ1) is 10.1. The Morgan fingerprint density at radius 3 is 2.54 bits per heavy atom. The summed E-state index contributed by atoms with van der Waals surface area (Å²) < 4.78 is 0. The van der Waals surface area contributed by atoms with Crippen LogP contribution >= 0.6 is 11.6 Å². The lowest BCUT2D eigenvalue weighted by Crippen LogP contribution is -2.18. The van der Waals surface area contributed by atoms with Gasteiger partial charge >= 0.3 is 0 Å². The molecule has 0 saturated carbocycles. The predicted octanol–water partition coefficient (Wildman–Crippen LogP) is 2.54. The molecular formula is C10H12ClNO. The van der Waals surface area contributed by atoms with Gasteiger partial charge in [0.2, 0.25) is 6.41 Å². The van der Waals surface area contributed by atoms with Crippen molar-refractivity contribution in [2.45, 2.75) is 19.4 Å². The van der Waals surface area contributed by atoms with Crippen molar-refractivity contribution in [1.29, 1.82) is 0 Å². The van der Waals surface area contributed by atoms with Crippen molar-refractivity contribution in [3.8, 4) is 0 Å². The third-order valence-corrected chi connectivity index (χ3v) is 2.20. The minimum absolute atomic E-state index is 0.0924. The summed E-state index contributed by atoms with van der Waals surface area (Å²) in [5.74, 6) is 0. The maximum absolute atomic E-state index is 10.3. The molecule has 0 bridgehead atoms. The van der Waals surface area contributed by atoms with E-state index in [0.29, 0.717) is 5.02 Å². The molecule has 2 nitrogen and oxygen atoms in total. The Kier molecular flexibility index (Phi) is 3.77. The van der Waals surface area contributed by atoms with Crippen LogP contribution in [0.2, 0.25) is 5.02 Å². The summed E-state index contributed by atoms with van der Waals surface area (Å²) in [6, 6.07) is 7.59. The summed E-state index contributed by atoms with van der Waals surface area (Å²) >= 11 is 5.75. The number of carbonyl (C=O) groups excluding carboxylic acids is 1. The molecular weight excluding hydrogens is 186 g/mol. The number of hydrogen-bond acceptors (Lipinski definition) is 1. The van der Waals surface area contributed by atoms with Gasteiger partial charge in [0, 0.05) is 5.02 Å². The molecule has 0 saturated heterocycles. The van der Waals surface area contributed by atoms with E-state index in [1.807, 2.05) is 31.2 Å². The van der Waals surface area contributed by atoms with Crippen LogP contribution in [0.5, 0.6) is 0 Å². The van der Waals surface area contributed by atoms with Gasteiger partial charge in [-0.3, -0.25) is 4.79 Å². The molecule has 0 radical (unpaired) electrons. The second-order valence-corrected chi connectivity index (χ2v) is 3.23. The van der Waals surface area contributed by atoms with Crippen molar-refractivity contribution in [2.75, 3.05) is 0 Å². The molecule has 0 aromatic heterocycles. The molecule has 0 spiro atoms. The van der Waals surface area contributed by atoms with Gasteiger partial charge in [0.05, 0.1) is 6.04 Å². The van der Waals surface area contributed by atoms with Crippen molar-refractivity contribution in [3.63, 3.8) is 0 Å². The summed E-state index contributed by atoms with van der Waals surface area (Å²) in [7, 11) is 0. The van der Waals surface area contributed by atoms with Crippen molar-refractivity contribution in [2.24, 2.45) is 0 Å². The maximum Gasteiger partial charge on any atom is 0.207 e. The van der Waals surface area contributed by atoms with Gasteiger partial charge in [-0.1, -0.05) is 30.7 Å². The highest BCUT2D eigenvalue weighted by atomic mass is 35.5. The summed E-state index contributed by atoms with van der Waals surface area (Å²) in [6.45, 7) is 2.02. The highest BCUT2D eigenvalue weighted by Crippen LogP contribution is 2.18. The molecule has 1 unspecified atom stereocenters. The highest BCUT2D eigenvalue weighted by Gasteiger charge is 2.06. The lowest BCUT2D eigenvalue weighted by atomic mass is 10.1. The van der Waals surface area contributed by atoms with Crippen molar-refractivity contribution < 1.29 is 4.79 Å². The fourth-order valence-electron chi connectivity index (χ4n) is 1.23. The third-order valence-electron chi connectivity index (χ3n) is 1.95. The Labute approximate surface area is 82.9 Å². The van der Waals surface area contributed by atoms with E-state index < -0.39 is 0 Å². The lowest BCUT2D eigenvalue weighted by Gasteiger charge is -2.13. The second kappa shape index (κ2) is 4.87. The maximum atomic E-state index is 10.3. The first-order chi connectivity index (χ1) is 6.27. The van der Waals surface area contributed by atoms with Crippen LogP contribution in [0.4, 0.5) is 0 Å². The molecule has 13 heavy (non-hydrogen) atoms. The standard InChI is InChI=1S/C10H12ClNO/c1-2-10(12-7-13)8-3-5-9(11)6-4-8/h3-7,10H,2H2,1H3,(H,12,13). The number of hydrogen-bond donors (Lipinski definition) is 1. The van der Waals surface area contributed by atoms with Gasteiger partial charge in [0.25, 0.3) is 0 Å². The Balaban J connectivity index is 2.78. The zero-order chi connectivity index (χ0) is 9.68. The molecule has 1 atom stereocenters. The van der Waals surface area contributed by atoms with Crippen molar-refractivity contribution in [3.05, 3.63) is 34.9 Å². The van der Waals surface area contributed by atoms with Gasteiger partial charge in [0.1, 0.15) is 0 Å². The topological polar surface area (TPSA) is 29.1 Å². The van der Waals surface area contributed by atoms with E-state index in [0.717, 1.165) is 18.4 Å². The smallest absolute Gasteiger partial charge is 0.207 e. The first-order valence-corrected chi connectivity index (χ1v) is 4.61. The second-order valence-electron chi connectivity index (χ2n) is 2.80. The van der Waals surface area contributed by atoms with E-state index in [2.05, 4.69) is 5.32 Å². The summed E-state index contributed by atoms with van der Waals surface area (Å²) in [4.78, 5) is 10.3. The van der Waals surface area contributed by atoms with Gasteiger partial charge < -0.3 is 5.32 Å². The molecule has 1 amide bonds. The number of nitrogens with one attached hydrogen (secondary N) is 1. The molecule has 70 valence electrons. The van der Waals surface area contributed by atoms with Crippen LogP contribution < -0.4 is 5.32 Å². The minimum atomic E-state index is 0.0924. The molecule has 0 aliphatic rings. The van der Waals surface area contributed by atoms with Gasteiger partial charge in [-0.15, -0.1) is 0 Å². The largest absolute Gasteiger partial charge is 0.352 e. The van der Waals surface area contributed by atoms with E-state index >= 15 is 0 Å². The normalized spacial score (nSPS) is 12.2. The van der Waals surface area contributed by atoms with Crippen LogP contribution in [-0.2, 0) is 4.79 Å². The van der Waals surface area contributed by atoms with Crippen LogP contribution in [0, 0.1) is 0 Å². The summed E-state index contributed by atoms with van der Waals surface area (Å²) in [6.07, 6.45) is 1.60. The molecule has 0 heterocycles. The van der Waals surface area contributed by atoms with Gasteiger partial charge in [0.15, 0.2) is 0 Å².